The van der Waals surface area contributed by atoms with Crippen LogP contribution in [-0.4, -0.2) is 59.8 Å². The van der Waals surface area contributed by atoms with Crippen molar-refractivity contribution in [1.29, 1.82) is 0 Å². The van der Waals surface area contributed by atoms with E-state index in [4.69, 9.17) is 4.74 Å². The van der Waals surface area contributed by atoms with Gasteiger partial charge in [-0.15, -0.1) is 0 Å². The summed E-state index contributed by atoms with van der Waals surface area (Å²) in [5.74, 6) is -0.0641. The van der Waals surface area contributed by atoms with Gasteiger partial charge in [0, 0.05) is 32.5 Å². The first kappa shape index (κ1) is 25.7. The summed E-state index contributed by atoms with van der Waals surface area (Å²) in [5.41, 5.74) is 0.0256. The van der Waals surface area contributed by atoms with E-state index in [0.717, 1.165) is 24.9 Å². The third-order valence-electron chi connectivity index (χ3n) is 7.03. The molecule has 0 unspecified atom stereocenters. The van der Waals surface area contributed by atoms with Gasteiger partial charge in [-0.3, -0.25) is 0 Å². The molecule has 1 saturated carbocycles. The second-order valence-electron chi connectivity index (χ2n) is 9.53. The number of pyridine rings is 1. The zero-order valence-electron chi connectivity index (χ0n) is 20.4. The summed E-state index contributed by atoms with van der Waals surface area (Å²) >= 11 is 0. The fourth-order valence-electron chi connectivity index (χ4n) is 4.78. The average molecular weight is 536 g/mol. The molecule has 2 fully saturated rings. The molecule has 3 heterocycles. The van der Waals surface area contributed by atoms with Crippen molar-refractivity contribution in [3.8, 4) is 5.69 Å². The molecule has 198 valence electrons. The molecular weight excluding hydrogens is 507 g/mol. The Balaban J connectivity index is 1.45. The van der Waals surface area contributed by atoms with Crippen LogP contribution in [0.3, 0.4) is 0 Å². The maximum absolute atomic E-state index is 13.7. The number of rotatable bonds is 6. The Morgan fingerprint density at radius 2 is 1.86 bits per heavy atom. The molecule has 37 heavy (non-hydrogen) atoms. The molecule has 1 spiro atoms. The zero-order valence-corrected chi connectivity index (χ0v) is 21.2. The van der Waals surface area contributed by atoms with Crippen LogP contribution in [0.1, 0.15) is 36.9 Å². The minimum atomic E-state index is -4.74. The fraction of sp³-hybridized carbons (Fsp3) is 0.440. The number of aromatic nitrogens is 3. The maximum Gasteiger partial charge on any atom is 0.417 e. The summed E-state index contributed by atoms with van der Waals surface area (Å²) in [6.07, 6.45) is 0.984. The van der Waals surface area contributed by atoms with Gasteiger partial charge in [0.25, 0.3) is 0 Å². The summed E-state index contributed by atoms with van der Waals surface area (Å²) in [4.78, 5) is 5.01. The molecular formula is C25H28F3N5O3S. The summed E-state index contributed by atoms with van der Waals surface area (Å²) in [7, 11) is -2.70. The quantitative estimate of drug-likeness (QED) is 0.470. The van der Waals surface area contributed by atoms with E-state index in [1.165, 1.54) is 9.21 Å². The number of anilines is 1. The number of ether oxygens (including phenoxy) is 1. The monoisotopic (exact) mass is 535 g/mol. The number of benzene rings is 1. The van der Waals surface area contributed by atoms with Crippen molar-refractivity contribution < 1.29 is 26.3 Å². The first-order valence-corrected chi connectivity index (χ1v) is 13.5. The lowest BCUT2D eigenvalue weighted by Gasteiger charge is -2.40. The predicted octanol–water partition coefficient (Wildman–Crippen LogP) is 4.26. The largest absolute Gasteiger partial charge is 0.417 e. The van der Waals surface area contributed by atoms with Crippen molar-refractivity contribution >= 4 is 15.8 Å². The predicted molar refractivity (Wildman–Crippen MR) is 131 cm³/mol. The number of nitrogens with zero attached hydrogens (tertiary/aromatic N) is 5. The van der Waals surface area contributed by atoms with Crippen LogP contribution in [0, 0.1) is 0 Å². The van der Waals surface area contributed by atoms with Gasteiger partial charge in [-0.1, -0.05) is 18.2 Å². The van der Waals surface area contributed by atoms with Crippen molar-refractivity contribution in [2.24, 2.45) is 0 Å². The minimum absolute atomic E-state index is 0.0641. The Hall–Kier alpha value is -2.96. The highest BCUT2D eigenvalue weighted by molar-refractivity contribution is 7.89. The molecule has 0 amide bonds. The van der Waals surface area contributed by atoms with Crippen molar-refractivity contribution in [2.45, 2.75) is 48.9 Å². The molecule has 3 aromatic rings. The van der Waals surface area contributed by atoms with Gasteiger partial charge in [-0.2, -0.15) is 22.6 Å². The van der Waals surface area contributed by atoms with Crippen molar-refractivity contribution in [3.05, 3.63) is 66.1 Å². The summed E-state index contributed by atoms with van der Waals surface area (Å²) in [5, 5.41) is 4.52. The molecule has 0 radical (unpaired) electrons. The standard InChI is InChI=1S/C25H28F3N5O3S/c1-31(18-20-8-12-33(30-20)21-6-3-2-4-7-21)23-22(16-19(17-29-23)25(26,27)28)37(34,35)32-13-11-24(9-5-10-24)36-15-14-32/h2-4,6-8,12,16-17H,5,9-11,13-15,18H2,1H3. The average Bonchev–Trinajstić information content (AvgIpc) is 3.18. The Labute approximate surface area is 213 Å². The molecule has 2 aromatic heterocycles. The van der Waals surface area contributed by atoms with Crippen molar-refractivity contribution in [1.82, 2.24) is 19.1 Å². The van der Waals surface area contributed by atoms with E-state index < -0.39 is 26.7 Å². The maximum atomic E-state index is 13.7. The number of alkyl halides is 3. The van der Waals surface area contributed by atoms with Crippen molar-refractivity contribution in [3.63, 3.8) is 0 Å². The van der Waals surface area contributed by atoms with Gasteiger partial charge < -0.3 is 9.64 Å². The van der Waals surface area contributed by atoms with Crippen LogP contribution in [0.4, 0.5) is 19.0 Å². The van der Waals surface area contributed by atoms with Gasteiger partial charge in [-0.05, 0) is 49.9 Å². The first-order valence-electron chi connectivity index (χ1n) is 12.1. The molecule has 8 nitrogen and oxygen atoms in total. The topological polar surface area (TPSA) is 80.6 Å². The Bertz CT molecular complexity index is 1360. The van der Waals surface area contributed by atoms with Crippen LogP contribution in [0.25, 0.3) is 5.69 Å². The summed E-state index contributed by atoms with van der Waals surface area (Å²) in [6, 6.07) is 11.9. The highest BCUT2D eigenvalue weighted by atomic mass is 32.2. The lowest BCUT2D eigenvalue weighted by molar-refractivity contribution is -0.138. The van der Waals surface area contributed by atoms with Gasteiger partial charge in [0.2, 0.25) is 10.0 Å². The lowest BCUT2D eigenvalue weighted by atomic mass is 9.77. The third kappa shape index (κ3) is 5.23. The van der Waals surface area contributed by atoms with Crippen molar-refractivity contribution in [2.75, 3.05) is 31.6 Å². The highest BCUT2D eigenvalue weighted by Gasteiger charge is 2.42. The molecule has 1 aliphatic heterocycles. The number of sulfonamides is 1. The normalized spacial score (nSPS) is 18.4. The molecule has 1 aliphatic carbocycles. The van der Waals surface area contributed by atoms with Crippen LogP contribution in [0.5, 0.6) is 0 Å². The second-order valence-corrected chi connectivity index (χ2v) is 11.4. The van der Waals surface area contributed by atoms with Gasteiger partial charge in [0.1, 0.15) is 10.7 Å². The zero-order chi connectivity index (χ0) is 26.3. The molecule has 0 atom stereocenters. The van der Waals surface area contributed by atoms with E-state index in [1.807, 2.05) is 30.3 Å². The fourth-order valence-corrected chi connectivity index (χ4v) is 6.42. The summed E-state index contributed by atoms with van der Waals surface area (Å²) in [6.45, 7) is 0.606. The van der Waals surface area contributed by atoms with E-state index in [2.05, 4.69) is 10.1 Å². The molecule has 0 N–H and O–H groups in total. The van der Waals surface area contributed by atoms with E-state index in [1.54, 1.807) is 24.0 Å². The Kier molecular flexibility index (Phi) is 6.75. The molecule has 1 saturated heterocycles. The number of para-hydroxylation sites is 1. The number of halogens is 3. The van der Waals surface area contributed by atoms with Crippen LogP contribution >= 0.6 is 0 Å². The molecule has 0 bridgehead atoms. The number of hydrogen-bond acceptors (Lipinski definition) is 6. The first-order chi connectivity index (χ1) is 17.6. The molecule has 12 heteroatoms. The van der Waals surface area contributed by atoms with Crippen LogP contribution in [0.2, 0.25) is 0 Å². The van der Waals surface area contributed by atoms with Crippen LogP contribution < -0.4 is 4.90 Å². The van der Waals surface area contributed by atoms with Gasteiger partial charge >= 0.3 is 6.18 Å². The minimum Gasteiger partial charge on any atom is -0.374 e. The third-order valence-corrected chi connectivity index (χ3v) is 8.94. The smallest absolute Gasteiger partial charge is 0.374 e. The van der Waals surface area contributed by atoms with Gasteiger partial charge in [0.05, 0.1) is 35.7 Å². The Morgan fingerprint density at radius 1 is 1.11 bits per heavy atom. The van der Waals surface area contributed by atoms with Crippen LogP contribution in [0.15, 0.2) is 59.8 Å². The van der Waals surface area contributed by atoms with E-state index in [9.17, 15) is 21.6 Å². The molecule has 2 aliphatic rings. The lowest BCUT2D eigenvalue weighted by Crippen LogP contribution is -2.40. The van der Waals surface area contributed by atoms with Crippen LogP contribution in [-0.2, 0) is 27.5 Å². The molecule has 5 rings (SSSR count). The molecule has 1 aromatic carbocycles. The second kappa shape index (κ2) is 9.73. The van der Waals surface area contributed by atoms with E-state index >= 15 is 0 Å². The van der Waals surface area contributed by atoms with E-state index in [0.29, 0.717) is 24.4 Å². The number of hydrogen-bond donors (Lipinski definition) is 0. The highest BCUT2D eigenvalue weighted by Crippen LogP contribution is 2.41. The van der Waals surface area contributed by atoms with E-state index in [-0.39, 0.29) is 37.7 Å². The Morgan fingerprint density at radius 3 is 2.54 bits per heavy atom. The summed E-state index contributed by atoms with van der Waals surface area (Å²) < 4.78 is 77.0. The SMILES string of the molecule is CN(Cc1ccn(-c2ccccc2)n1)c1ncc(C(F)(F)F)cc1S(=O)(=O)N1CCOC2(CCC2)CC1. The van der Waals surface area contributed by atoms with Gasteiger partial charge in [-0.25, -0.2) is 18.1 Å². The van der Waals surface area contributed by atoms with Gasteiger partial charge in [0.15, 0.2) is 0 Å².